The maximum Gasteiger partial charge on any atom is 1.00 e. The molecule has 1 aliphatic heterocycles. The van der Waals surface area contributed by atoms with E-state index in [9.17, 15) is 25.9 Å². The Kier molecular flexibility index (Phi) is 11.7. The summed E-state index contributed by atoms with van der Waals surface area (Å²) in [4.78, 5) is 0. The van der Waals surface area contributed by atoms with E-state index in [4.69, 9.17) is 16.3 Å². The standard InChI is InChI=1S/C31H32ClNO7S3.Na/c1-2-21(19-30-33(15-5-6-16-42(34,35)36)26-20-23(32)12-14-29(26)41-30)18-28-25(10-7-17-43(37,38)39)31-24-9-4-3-8-22(24)11-13-27(31)40-28;/h3-4,8-9,11-14,18-20,25H,2,5-7,10,15-17H2,1H3,(H-,34,35,36,37,38,39);/q;+1/p-1. The van der Waals surface area contributed by atoms with Gasteiger partial charge in [0, 0.05) is 46.6 Å². The number of aromatic nitrogens is 1. The van der Waals surface area contributed by atoms with Gasteiger partial charge >= 0.3 is 29.6 Å². The van der Waals surface area contributed by atoms with Crippen LogP contribution >= 0.6 is 22.9 Å². The summed E-state index contributed by atoms with van der Waals surface area (Å²) in [7, 11) is -8.62. The zero-order chi connectivity index (χ0) is 30.8. The van der Waals surface area contributed by atoms with Crippen LogP contribution in [0.3, 0.4) is 0 Å². The van der Waals surface area contributed by atoms with Gasteiger partial charge in [0.05, 0.1) is 20.2 Å². The molecular formula is C31H31ClNNaO7S3. The molecule has 2 heterocycles. The van der Waals surface area contributed by atoms with Crippen LogP contribution in [0.1, 0.15) is 55.5 Å². The van der Waals surface area contributed by atoms with Gasteiger partial charge < -0.3 is 13.8 Å². The maximum atomic E-state index is 11.4. The van der Waals surface area contributed by atoms with Crippen LogP contribution in [0, 0.1) is 0 Å². The van der Waals surface area contributed by atoms with Crippen LogP contribution in [0.15, 0.2) is 72.0 Å². The fourth-order valence-corrected chi connectivity index (χ4v) is 7.88. The summed E-state index contributed by atoms with van der Waals surface area (Å²) in [5.41, 5.74) is 2.88. The average Bonchev–Trinajstić information content (AvgIpc) is 3.46. The van der Waals surface area contributed by atoms with Gasteiger partial charge in [-0.2, -0.15) is 4.57 Å². The van der Waals surface area contributed by atoms with E-state index in [1.807, 2.05) is 67.6 Å². The van der Waals surface area contributed by atoms with E-state index < -0.39 is 31.7 Å². The van der Waals surface area contributed by atoms with E-state index in [1.165, 1.54) is 0 Å². The Morgan fingerprint density at radius 3 is 2.45 bits per heavy atom. The first-order valence-electron chi connectivity index (χ1n) is 14.0. The number of nitrogens with zero attached hydrogens (tertiary/aromatic N) is 1. The molecule has 0 spiro atoms. The minimum Gasteiger partial charge on any atom is -0.748 e. The summed E-state index contributed by atoms with van der Waals surface area (Å²) in [6.45, 7) is 2.54. The zero-order valence-electron chi connectivity index (χ0n) is 24.5. The van der Waals surface area contributed by atoms with Crippen molar-refractivity contribution >= 4 is 70.2 Å². The van der Waals surface area contributed by atoms with Gasteiger partial charge in [0.25, 0.3) is 5.01 Å². The first-order valence-corrected chi connectivity index (χ1v) is 18.4. The summed E-state index contributed by atoms with van der Waals surface area (Å²) in [6.07, 6.45) is 6.15. The third kappa shape index (κ3) is 8.71. The van der Waals surface area contributed by atoms with Crippen LogP contribution in [0.2, 0.25) is 5.02 Å². The predicted molar refractivity (Wildman–Crippen MR) is 168 cm³/mol. The Balaban J connectivity index is 0.00000442. The molecule has 0 radical (unpaired) electrons. The number of allylic oxidation sites excluding steroid dienone is 3. The molecule has 4 aromatic rings. The third-order valence-electron chi connectivity index (χ3n) is 7.50. The van der Waals surface area contributed by atoms with Crippen LogP contribution < -0.4 is 38.9 Å². The van der Waals surface area contributed by atoms with Gasteiger partial charge in [-0.3, -0.25) is 0 Å². The Labute approximate surface area is 289 Å². The smallest absolute Gasteiger partial charge is 0.748 e. The topological polar surface area (TPSA) is 128 Å². The summed E-state index contributed by atoms with van der Waals surface area (Å²) in [5.74, 6) is 0.343. The number of unbranched alkanes of at least 4 members (excludes halogenated alkanes) is 1. The number of benzene rings is 3. The van der Waals surface area contributed by atoms with Crippen molar-refractivity contribution in [2.45, 2.75) is 51.5 Å². The molecule has 5 rings (SSSR count). The second kappa shape index (κ2) is 14.7. The molecule has 0 N–H and O–H groups in total. The molecule has 0 saturated carbocycles. The van der Waals surface area contributed by atoms with Crippen LogP contribution in [0.25, 0.3) is 27.1 Å². The SMILES string of the molecule is CCC(=Cc1sc2ccc(Cl)cc2[n+]1CCCCS(=O)(=O)[O-])C=C1Oc2ccc3ccccc3c2C1CCCS(=O)(=O)[O-].[Na+]. The second-order valence-corrected chi connectivity index (χ2v) is 15.1. The molecule has 1 aliphatic rings. The molecule has 1 atom stereocenters. The van der Waals surface area contributed by atoms with Crippen LogP contribution in [0.4, 0.5) is 0 Å². The van der Waals surface area contributed by atoms with E-state index in [0.717, 1.165) is 42.9 Å². The van der Waals surface area contributed by atoms with Crippen molar-refractivity contribution in [2.75, 3.05) is 11.5 Å². The molecule has 0 amide bonds. The molecule has 44 heavy (non-hydrogen) atoms. The Morgan fingerprint density at radius 2 is 1.73 bits per heavy atom. The average molecular weight is 684 g/mol. The summed E-state index contributed by atoms with van der Waals surface area (Å²) in [6, 6.07) is 17.5. The first kappa shape index (κ1) is 35.1. The van der Waals surface area contributed by atoms with Gasteiger partial charge in [0.2, 0.25) is 5.52 Å². The molecule has 1 unspecified atom stereocenters. The Bertz CT molecular complexity index is 1950. The number of halogens is 1. The number of hydrogen-bond donors (Lipinski definition) is 0. The number of ether oxygens (including phenoxy) is 1. The summed E-state index contributed by atoms with van der Waals surface area (Å²) < 4.78 is 76.9. The number of aryl methyl sites for hydroxylation is 1. The minimum atomic E-state index is -4.34. The van der Waals surface area contributed by atoms with Gasteiger partial charge in [-0.1, -0.05) is 60.2 Å². The van der Waals surface area contributed by atoms with E-state index >= 15 is 0 Å². The zero-order valence-corrected chi connectivity index (χ0v) is 29.7. The molecule has 1 aromatic heterocycles. The largest absolute Gasteiger partial charge is 1.00 e. The van der Waals surface area contributed by atoms with Gasteiger partial charge in [-0.25, -0.2) is 16.8 Å². The minimum absolute atomic E-state index is 0. The van der Waals surface area contributed by atoms with E-state index in [0.29, 0.717) is 36.6 Å². The molecule has 3 aromatic carbocycles. The molecule has 228 valence electrons. The van der Waals surface area contributed by atoms with E-state index in [-0.39, 0.29) is 48.3 Å². The molecule has 0 bridgehead atoms. The van der Waals surface area contributed by atoms with Crippen molar-refractivity contribution in [1.29, 1.82) is 0 Å². The first-order chi connectivity index (χ1) is 20.4. The van der Waals surface area contributed by atoms with E-state index in [1.54, 1.807) is 11.3 Å². The van der Waals surface area contributed by atoms with Gasteiger partial charge in [-0.05, 0) is 66.3 Å². The van der Waals surface area contributed by atoms with Crippen molar-refractivity contribution in [3.05, 3.63) is 87.6 Å². The number of fused-ring (bicyclic) bond motifs is 4. The van der Waals surface area contributed by atoms with E-state index in [2.05, 4.69) is 10.6 Å². The summed E-state index contributed by atoms with van der Waals surface area (Å²) in [5, 5.41) is 3.60. The van der Waals surface area contributed by atoms with Crippen molar-refractivity contribution < 1.29 is 64.8 Å². The molecular weight excluding hydrogens is 653 g/mol. The van der Waals surface area contributed by atoms with Crippen molar-refractivity contribution in [1.82, 2.24) is 0 Å². The Hall–Kier alpha value is -1.80. The number of thiazole rings is 1. The fourth-order valence-electron chi connectivity index (χ4n) is 5.49. The maximum absolute atomic E-state index is 11.4. The normalized spacial score (nSPS) is 16.3. The number of hydrogen-bond acceptors (Lipinski definition) is 8. The van der Waals surface area contributed by atoms with Crippen LogP contribution in [0.5, 0.6) is 5.75 Å². The summed E-state index contributed by atoms with van der Waals surface area (Å²) >= 11 is 7.89. The molecule has 0 fully saturated rings. The molecule has 0 saturated heterocycles. The van der Waals surface area contributed by atoms with Crippen LogP contribution in [-0.4, -0.2) is 37.4 Å². The monoisotopic (exact) mass is 683 g/mol. The van der Waals surface area contributed by atoms with Gasteiger partial charge in [-0.15, -0.1) is 0 Å². The quantitative estimate of drug-likeness (QED) is 0.0968. The van der Waals surface area contributed by atoms with Crippen LogP contribution in [-0.2, 0) is 26.8 Å². The predicted octanol–water partition coefficient (Wildman–Crippen LogP) is 3.50. The molecule has 8 nitrogen and oxygen atoms in total. The fraction of sp³-hybridized carbons (Fsp3) is 0.323. The van der Waals surface area contributed by atoms with Crippen molar-refractivity contribution in [3.63, 3.8) is 0 Å². The molecule has 13 heteroatoms. The third-order valence-corrected chi connectivity index (χ3v) is 10.4. The van der Waals surface area contributed by atoms with Gasteiger partial charge in [0.1, 0.15) is 16.2 Å². The second-order valence-electron chi connectivity index (χ2n) is 10.5. The number of rotatable bonds is 12. The molecule has 0 aliphatic carbocycles. The van der Waals surface area contributed by atoms with Crippen molar-refractivity contribution in [2.24, 2.45) is 0 Å². The van der Waals surface area contributed by atoms with Gasteiger partial charge in [0.15, 0.2) is 6.54 Å². The van der Waals surface area contributed by atoms with Crippen molar-refractivity contribution in [3.8, 4) is 5.75 Å². The Morgan fingerprint density at radius 1 is 1.00 bits per heavy atom.